The Labute approximate surface area is 263 Å². The molecule has 0 aliphatic carbocycles. The molecule has 13 heteroatoms. The van der Waals surface area contributed by atoms with Gasteiger partial charge < -0.3 is 34.1 Å². The maximum absolute atomic E-state index is 12.9. The average Bonchev–Trinajstić information content (AvgIpc) is 3.30. The number of fused-ring (bicyclic) bond motifs is 1. The molecule has 10 nitrogen and oxygen atoms in total. The van der Waals surface area contributed by atoms with Gasteiger partial charge in [0.2, 0.25) is 0 Å². The predicted molar refractivity (Wildman–Crippen MR) is 161 cm³/mol. The quantitative estimate of drug-likeness (QED) is 0.450. The summed E-state index contributed by atoms with van der Waals surface area (Å²) in [6.45, 7) is 16.1. The molecule has 4 heterocycles. The van der Waals surface area contributed by atoms with E-state index in [1.165, 1.54) is 0 Å². The average molecular weight is 641 g/mol. The number of nitrogens with one attached hydrogen (secondary N) is 1. The third-order valence-electron chi connectivity index (χ3n) is 8.89. The predicted octanol–water partition coefficient (Wildman–Crippen LogP) is 3.44. The van der Waals surface area contributed by atoms with Crippen LogP contribution in [0.4, 0.5) is 18.9 Å². The Morgan fingerprint density at radius 2 is 1.49 bits per heavy atom. The number of benzene rings is 1. The molecule has 0 saturated carbocycles. The molecule has 1 aromatic rings. The molecular formula is C32H47F3N4O6. The van der Waals surface area contributed by atoms with Gasteiger partial charge in [0.05, 0.1) is 24.3 Å². The summed E-state index contributed by atoms with van der Waals surface area (Å²) < 4.78 is 62.1. The normalized spacial score (nSPS) is 28.5. The molecule has 1 N–H and O–H groups in total. The zero-order chi connectivity index (χ0) is 32.6. The third-order valence-corrected chi connectivity index (χ3v) is 8.89. The number of nitrogens with zero attached hydrogens (tertiary/aromatic N) is 3. The van der Waals surface area contributed by atoms with Crippen LogP contribution in [-0.2, 0) is 23.7 Å². The van der Waals surface area contributed by atoms with E-state index in [1.54, 1.807) is 13.8 Å². The van der Waals surface area contributed by atoms with E-state index in [0.29, 0.717) is 18.0 Å². The van der Waals surface area contributed by atoms with Gasteiger partial charge in [0.25, 0.3) is 0 Å². The zero-order valence-electron chi connectivity index (χ0n) is 26.9. The highest BCUT2D eigenvalue weighted by molar-refractivity contribution is 5.90. The summed E-state index contributed by atoms with van der Waals surface area (Å²) in [5.41, 5.74) is 1.16. The molecule has 4 atom stereocenters. The van der Waals surface area contributed by atoms with Crippen molar-refractivity contribution in [2.45, 2.75) is 89.4 Å². The largest absolute Gasteiger partial charge is 0.471 e. The SMILES string of the molecule is CC(C)(C)OC(=O)c1ccc(N2CCC(CN3CCN(C[C@H]4OC[C@H](NC(=O)C(F)(F)F)[C@H]5OC(C)(C)O[C@H]54)CC3)CC2)cc1. The Hall–Kier alpha value is -2.45. The van der Waals surface area contributed by atoms with E-state index in [4.69, 9.17) is 18.9 Å². The Bertz CT molecular complexity index is 1170. The number of hydrogen-bond acceptors (Lipinski definition) is 9. The maximum Gasteiger partial charge on any atom is 0.471 e. The van der Waals surface area contributed by atoms with Gasteiger partial charge in [-0.1, -0.05) is 0 Å². The van der Waals surface area contributed by atoms with E-state index < -0.39 is 41.7 Å². The van der Waals surface area contributed by atoms with E-state index in [0.717, 1.165) is 64.3 Å². The fourth-order valence-electron chi connectivity index (χ4n) is 6.66. The van der Waals surface area contributed by atoms with E-state index in [9.17, 15) is 22.8 Å². The van der Waals surface area contributed by atoms with Gasteiger partial charge in [-0.3, -0.25) is 9.69 Å². The fourth-order valence-corrected chi connectivity index (χ4v) is 6.66. The van der Waals surface area contributed by atoms with Crippen molar-refractivity contribution in [2.75, 3.05) is 63.9 Å². The van der Waals surface area contributed by atoms with Crippen molar-refractivity contribution in [2.24, 2.45) is 5.92 Å². The Morgan fingerprint density at radius 3 is 2.07 bits per heavy atom. The van der Waals surface area contributed by atoms with Gasteiger partial charge in [-0.05, 0) is 77.6 Å². The third kappa shape index (κ3) is 8.88. The molecule has 0 radical (unpaired) electrons. The van der Waals surface area contributed by atoms with Crippen LogP contribution in [-0.4, -0.2) is 123 Å². The minimum atomic E-state index is -4.98. The summed E-state index contributed by atoms with van der Waals surface area (Å²) in [7, 11) is 0. The minimum absolute atomic E-state index is 0.0698. The molecule has 4 aliphatic heterocycles. The molecule has 4 fully saturated rings. The molecule has 5 rings (SSSR count). The summed E-state index contributed by atoms with van der Waals surface area (Å²) in [6, 6.07) is 6.73. The summed E-state index contributed by atoms with van der Waals surface area (Å²) in [5, 5.41) is 2.03. The Kier molecular flexibility index (Phi) is 10.1. The van der Waals surface area contributed by atoms with Crippen LogP contribution in [0.15, 0.2) is 24.3 Å². The van der Waals surface area contributed by atoms with Crippen LogP contribution in [0.3, 0.4) is 0 Å². The standard InChI is InChI=1S/C32H47F3N4O6/c1-30(2,3)45-28(40)22-6-8-23(9-7-22)39-12-10-21(11-13-39)18-37-14-16-38(17-15-37)19-25-27-26(43-31(4,5)44-27)24(20-42-25)36-29(41)32(33,34)35/h6-9,21,24-27H,10-20H2,1-5H3,(H,36,41)/t24-,25+,26+,27-/m0/s1. The molecule has 252 valence electrons. The molecule has 0 spiro atoms. The van der Waals surface area contributed by atoms with Crippen molar-refractivity contribution >= 4 is 17.6 Å². The van der Waals surface area contributed by atoms with Crippen molar-refractivity contribution in [3.63, 3.8) is 0 Å². The van der Waals surface area contributed by atoms with Gasteiger partial charge in [0, 0.05) is 58.0 Å². The van der Waals surface area contributed by atoms with Crippen molar-refractivity contribution < 1.29 is 41.7 Å². The number of amides is 1. The lowest BCUT2D eigenvalue weighted by Gasteiger charge is -2.42. The van der Waals surface area contributed by atoms with Gasteiger partial charge in [-0.2, -0.15) is 13.2 Å². The number of piperidine rings is 1. The molecule has 45 heavy (non-hydrogen) atoms. The number of piperazine rings is 1. The number of esters is 1. The van der Waals surface area contributed by atoms with E-state index in [2.05, 4.69) is 14.7 Å². The first-order valence-electron chi connectivity index (χ1n) is 15.9. The summed E-state index contributed by atoms with van der Waals surface area (Å²) in [4.78, 5) is 31.1. The van der Waals surface area contributed by atoms with Crippen LogP contribution >= 0.6 is 0 Å². The van der Waals surface area contributed by atoms with Crippen molar-refractivity contribution in [3.05, 3.63) is 29.8 Å². The van der Waals surface area contributed by atoms with Crippen LogP contribution in [0.25, 0.3) is 0 Å². The number of carbonyl (C=O) groups is 2. The first kappa shape index (κ1) is 33.9. The number of rotatable bonds is 7. The topological polar surface area (TPSA) is 92.8 Å². The van der Waals surface area contributed by atoms with Gasteiger partial charge >= 0.3 is 18.1 Å². The molecule has 0 bridgehead atoms. The Morgan fingerprint density at radius 1 is 0.911 bits per heavy atom. The summed E-state index contributed by atoms with van der Waals surface area (Å²) in [6.07, 6.45) is -4.44. The molecule has 4 aliphatic rings. The van der Waals surface area contributed by atoms with Gasteiger partial charge in [0.1, 0.15) is 17.8 Å². The van der Waals surface area contributed by atoms with E-state index in [1.807, 2.05) is 50.4 Å². The number of carbonyl (C=O) groups excluding carboxylic acids is 2. The molecule has 1 aromatic carbocycles. The lowest BCUT2D eigenvalue weighted by Crippen LogP contribution is -2.62. The lowest BCUT2D eigenvalue weighted by molar-refractivity contribution is -0.178. The van der Waals surface area contributed by atoms with E-state index >= 15 is 0 Å². The van der Waals surface area contributed by atoms with Crippen LogP contribution in [0, 0.1) is 5.92 Å². The molecule has 0 unspecified atom stereocenters. The van der Waals surface area contributed by atoms with Crippen LogP contribution in [0.2, 0.25) is 0 Å². The summed E-state index contributed by atoms with van der Waals surface area (Å²) in [5.74, 6) is -2.68. The number of hydrogen-bond donors (Lipinski definition) is 1. The van der Waals surface area contributed by atoms with Crippen LogP contribution < -0.4 is 10.2 Å². The molecular weight excluding hydrogens is 593 g/mol. The van der Waals surface area contributed by atoms with Gasteiger partial charge in [-0.25, -0.2) is 4.79 Å². The first-order valence-corrected chi connectivity index (χ1v) is 15.9. The van der Waals surface area contributed by atoms with E-state index in [-0.39, 0.29) is 18.7 Å². The molecule has 0 aromatic heterocycles. The smallest absolute Gasteiger partial charge is 0.456 e. The Balaban J connectivity index is 1.04. The second kappa shape index (κ2) is 13.3. The highest BCUT2D eigenvalue weighted by atomic mass is 19.4. The lowest BCUT2D eigenvalue weighted by atomic mass is 9.95. The highest BCUT2D eigenvalue weighted by Gasteiger charge is 2.54. The highest BCUT2D eigenvalue weighted by Crippen LogP contribution is 2.36. The number of alkyl halides is 3. The second-order valence-electron chi connectivity index (χ2n) is 14.1. The van der Waals surface area contributed by atoms with Crippen LogP contribution in [0.1, 0.15) is 57.8 Å². The zero-order valence-corrected chi connectivity index (χ0v) is 26.9. The maximum atomic E-state index is 12.9. The number of anilines is 1. The van der Waals surface area contributed by atoms with Gasteiger partial charge in [0.15, 0.2) is 5.79 Å². The summed E-state index contributed by atoms with van der Waals surface area (Å²) >= 11 is 0. The molecule has 4 saturated heterocycles. The van der Waals surface area contributed by atoms with Gasteiger partial charge in [-0.15, -0.1) is 0 Å². The number of ether oxygens (including phenoxy) is 4. The van der Waals surface area contributed by atoms with Crippen molar-refractivity contribution in [1.29, 1.82) is 0 Å². The number of halogens is 3. The van der Waals surface area contributed by atoms with Crippen molar-refractivity contribution in [1.82, 2.24) is 15.1 Å². The molecule has 1 amide bonds. The van der Waals surface area contributed by atoms with Crippen LogP contribution in [0.5, 0.6) is 0 Å². The monoisotopic (exact) mass is 640 g/mol. The second-order valence-corrected chi connectivity index (χ2v) is 14.1. The minimum Gasteiger partial charge on any atom is -0.456 e. The fraction of sp³-hybridized carbons (Fsp3) is 0.750. The first-order chi connectivity index (χ1) is 21.1. The van der Waals surface area contributed by atoms with Crippen molar-refractivity contribution in [3.8, 4) is 0 Å².